The lowest BCUT2D eigenvalue weighted by atomic mass is 9.92. The molecule has 84 valence electrons. The van der Waals surface area contributed by atoms with E-state index in [0.29, 0.717) is 12.4 Å². The van der Waals surface area contributed by atoms with Gasteiger partial charge in [0.15, 0.2) is 0 Å². The number of nitrogens with zero attached hydrogens (tertiary/aromatic N) is 1. The highest BCUT2D eigenvalue weighted by molar-refractivity contribution is 5.89. The summed E-state index contributed by atoms with van der Waals surface area (Å²) in [5.74, 6) is 0.671. The first kappa shape index (κ1) is 11.8. The molecule has 0 atom stereocenters. The summed E-state index contributed by atoms with van der Waals surface area (Å²) in [7, 11) is 0. The maximum atomic E-state index is 11.5. The van der Waals surface area contributed by atoms with Crippen molar-refractivity contribution in [3.8, 4) is 0 Å². The minimum absolute atomic E-state index is 0.0270. The van der Waals surface area contributed by atoms with Gasteiger partial charge >= 0.3 is 6.01 Å². The van der Waals surface area contributed by atoms with E-state index in [0.717, 1.165) is 11.5 Å². The fraction of sp³-hybridized carbons (Fsp3) is 0.636. The number of carbonyl (C=O) groups excluding carboxylic acids is 1. The molecule has 0 radical (unpaired) electrons. The number of hydrogen-bond donors (Lipinski definition) is 1. The molecule has 1 N–H and O–H groups in total. The number of nitrogens with one attached hydrogen (secondary N) is 1. The average molecular weight is 210 g/mol. The van der Waals surface area contributed by atoms with Crippen LogP contribution < -0.4 is 5.32 Å². The minimum atomic E-state index is -0.0660. The molecule has 0 saturated carbocycles. The second-order valence-electron chi connectivity index (χ2n) is 4.95. The van der Waals surface area contributed by atoms with E-state index >= 15 is 0 Å². The second kappa shape index (κ2) is 4.04. The van der Waals surface area contributed by atoms with Crippen LogP contribution in [0.15, 0.2) is 4.42 Å². The molecule has 0 aromatic carbocycles. The molecule has 15 heavy (non-hydrogen) atoms. The fourth-order valence-electron chi connectivity index (χ4n) is 1.17. The molecule has 1 rings (SSSR count). The summed E-state index contributed by atoms with van der Waals surface area (Å²) in [5, 5.41) is 2.64. The van der Waals surface area contributed by atoms with E-state index in [2.05, 4.69) is 10.3 Å². The van der Waals surface area contributed by atoms with Gasteiger partial charge in [-0.05, 0) is 19.3 Å². The summed E-state index contributed by atoms with van der Waals surface area (Å²) in [6.45, 7) is 9.70. The Hall–Kier alpha value is -1.32. The molecule has 0 bridgehead atoms. The average Bonchev–Trinajstić information content (AvgIpc) is 2.26. The topological polar surface area (TPSA) is 55.1 Å². The first-order valence-corrected chi connectivity index (χ1v) is 5.02. The zero-order valence-electron chi connectivity index (χ0n) is 9.97. The van der Waals surface area contributed by atoms with Gasteiger partial charge < -0.3 is 4.42 Å². The van der Waals surface area contributed by atoms with Crippen molar-refractivity contribution in [1.82, 2.24) is 4.98 Å². The van der Waals surface area contributed by atoms with Crippen LogP contribution in [0.3, 0.4) is 0 Å². The zero-order valence-corrected chi connectivity index (χ0v) is 9.97. The van der Waals surface area contributed by atoms with Crippen molar-refractivity contribution in [2.75, 3.05) is 5.32 Å². The van der Waals surface area contributed by atoms with E-state index in [4.69, 9.17) is 4.42 Å². The van der Waals surface area contributed by atoms with Crippen LogP contribution in [0, 0.1) is 19.3 Å². The Morgan fingerprint density at radius 1 is 1.40 bits per heavy atom. The highest BCUT2D eigenvalue weighted by Crippen LogP contribution is 2.20. The molecule has 1 aromatic rings. The Balaban J connectivity index is 2.59. The molecule has 1 aromatic heterocycles. The molecular weight excluding hydrogens is 192 g/mol. The van der Waals surface area contributed by atoms with Gasteiger partial charge in [0.05, 0.1) is 5.69 Å². The Bertz CT molecular complexity index is 342. The van der Waals surface area contributed by atoms with E-state index in [1.165, 1.54) is 0 Å². The minimum Gasteiger partial charge on any atom is -0.428 e. The first-order chi connectivity index (χ1) is 6.78. The summed E-state index contributed by atoms with van der Waals surface area (Å²) < 4.78 is 5.26. The molecule has 0 spiro atoms. The lowest BCUT2D eigenvalue weighted by molar-refractivity contribution is -0.117. The molecule has 0 saturated heterocycles. The smallest absolute Gasteiger partial charge is 0.301 e. The maximum Gasteiger partial charge on any atom is 0.301 e. The number of anilines is 1. The second-order valence-corrected chi connectivity index (χ2v) is 4.95. The van der Waals surface area contributed by atoms with Crippen LogP contribution in [0.25, 0.3) is 0 Å². The largest absolute Gasteiger partial charge is 0.428 e. The molecule has 4 heteroatoms. The van der Waals surface area contributed by atoms with Crippen LogP contribution in [-0.4, -0.2) is 10.9 Å². The van der Waals surface area contributed by atoms with Gasteiger partial charge in [-0.25, -0.2) is 0 Å². The van der Waals surface area contributed by atoms with Crippen LogP contribution >= 0.6 is 0 Å². The molecular formula is C11H18N2O2. The first-order valence-electron chi connectivity index (χ1n) is 5.02. The van der Waals surface area contributed by atoms with E-state index in [1.807, 2.05) is 34.6 Å². The monoisotopic (exact) mass is 210 g/mol. The van der Waals surface area contributed by atoms with Gasteiger partial charge in [0.1, 0.15) is 5.76 Å². The lowest BCUT2D eigenvalue weighted by Crippen LogP contribution is -2.19. The molecule has 0 fully saturated rings. The number of aryl methyl sites for hydroxylation is 2. The molecule has 1 amide bonds. The van der Waals surface area contributed by atoms with Crippen LogP contribution in [0.1, 0.15) is 38.6 Å². The third kappa shape index (κ3) is 3.73. The van der Waals surface area contributed by atoms with Crippen molar-refractivity contribution in [2.24, 2.45) is 5.41 Å². The van der Waals surface area contributed by atoms with Crippen LogP contribution in [0.5, 0.6) is 0 Å². The number of aromatic nitrogens is 1. The third-order valence-electron chi connectivity index (χ3n) is 1.97. The number of rotatable bonds is 2. The van der Waals surface area contributed by atoms with Crippen LogP contribution in [0.2, 0.25) is 0 Å². The van der Waals surface area contributed by atoms with Gasteiger partial charge in [0, 0.05) is 6.42 Å². The van der Waals surface area contributed by atoms with Crippen molar-refractivity contribution in [1.29, 1.82) is 0 Å². The van der Waals surface area contributed by atoms with E-state index < -0.39 is 0 Å². The summed E-state index contributed by atoms with van der Waals surface area (Å²) in [5.41, 5.74) is 0.780. The van der Waals surface area contributed by atoms with Gasteiger partial charge in [-0.2, -0.15) is 4.98 Å². The van der Waals surface area contributed by atoms with Crippen LogP contribution in [0.4, 0.5) is 6.01 Å². The number of carbonyl (C=O) groups is 1. The number of oxazole rings is 1. The fourth-order valence-corrected chi connectivity index (χ4v) is 1.17. The quantitative estimate of drug-likeness (QED) is 0.816. The summed E-state index contributed by atoms with van der Waals surface area (Å²) in [4.78, 5) is 15.6. The number of amides is 1. The predicted octanol–water partition coefficient (Wildman–Crippen LogP) is 2.67. The molecule has 0 aliphatic heterocycles. The number of hydrogen-bond acceptors (Lipinski definition) is 3. The highest BCUT2D eigenvalue weighted by Gasteiger charge is 2.17. The Labute approximate surface area is 90.1 Å². The molecule has 0 aliphatic rings. The van der Waals surface area contributed by atoms with Gasteiger partial charge in [-0.15, -0.1) is 0 Å². The van der Waals surface area contributed by atoms with Gasteiger partial charge in [-0.3, -0.25) is 10.1 Å². The normalized spacial score (nSPS) is 11.5. The van der Waals surface area contributed by atoms with Crippen molar-refractivity contribution >= 4 is 11.9 Å². The summed E-state index contributed by atoms with van der Waals surface area (Å²) >= 11 is 0. The van der Waals surface area contributed by atoms with E-state index in [-0.39, 0.29) is 11.3 Å². The Morgan fingerprint density at radius 2 is 2.00 bits per heavy atom. The summed E-state index contributed by atoms with van der Waals surface area (Å²) in [6, 6.07) is 0.291. The maximum absolute atomic E-state index is 11.5. The highest BCUT2D eigenvalue weighted by atomic mass is 16.4. The molecule has 0 unspecified atom stereocenters. The third-order valence-corrected chi connectivity index (χ3v) is 1.97. The Morgan fingerprint density at radius 3 is 2.40 bits per heavy atom. The van der Waals surface area contributed by atoms with Crippen molar-refractivity contribution < 1.29 is 9.21 Å². The van der Waals surface area contributed by atoms with E-state index in [9.17, 15) is 4.79 Å². The van der Waals surface area contributed by atoms with Gasteiger partial charge in [0.25, 0.3) is 0 Å². The molecule has 1 heterocycles. The van der Waals surface area contributed by atoms with Crippen molar-refractivity contribution in [3.05, 3.63) is 11.5 Å². The summed E-state index contributed by atoms with van der Waals surface area (Å²) in [6.07, 6.45) is 0.452. The predicted molar refractivity (Wildman–Crippen MR) is 58.7 cm³/mol. The lowest BCUT2D eigenvalue weighted by Gasteiger charge is -2.16. The Kier molecular flexibility index (Phi) is 3.17. The molecule has 4 nitrogen and oxygen atoms in total. The van der Waals surface area contributed by atoms with Crippen LogP contribution in [-0.2, 0) is 4.79 Å². The van der Waals surface area contributed by atoms with Gasteiger partial charge in [-0.1, -0.05) is 20.8 Å². The van der Waals surface area contributed by atoms with E-state index in [1.54, 1.807) is 0 Å². The van der Waals surface area contributed by atoms with Gasteiger partial charge in [0.2, 0.25) is 5.91 Å². The zero-order chi connectivity index (χ0) is 11.6. The standard InChI is InChI=1S/C11H18N2O2/c1-7-8(2)15-10(12-7)13-9(14)6-11(3,4)5/h6H2,1-5H3,(H,12,13,14). The van der Waals surface area contributed by atoms with Crippen molar-refractivity contribution in [2.45, 2.75) is 41.0 Å². The SMILES string of the molecule is Cc1nc(NC(=O)CC(C)(C)C)oc1C. The van der Waals surface area contributed by atoms with Crippen molar-refractivity contribution in [3.63, 3.8) is 0 Å². The molecule has 0 aliphatic carbocycles.